The van der Waals surface area contributed by atoms with E-state index in [-0.39, 0.29) is 0 Å². The predicted octanol–water partition coefficient (Wildman–Crippen LogP) is 1.69. The molecule has 0 unspecified atom stereocenters. The van der Waals surface area contributed by atoms with Gasteiger partial charge in [-0.15, -0.1) is 0 Å². The maximum absolute atomic E-state index is 5.60. The zero-order chi connectivity index (χ0) is 9.54. The van der Waals surface area contributed by atoms with Crippen molar-refractivity contribution in [2.24, 2.45) is 0 Å². The van der Waals surface area contributed by atoms with Crippen LogP contribution >= 0.6 is 0 Å². The van der Waals surface area contributed by atoms with Gasteiger partial charge in [-0.25, -0.2) is 4.98 Å². The Morgan fingerprint density at radius 2 is 2.07 bits per heavy atom. The van der Waals surface area contributed by atoms with Crippen molar-refractivity contribution in [3.63, 3.8) is 0 Å². The zero-order valence-corrected chi connectivity index (χ0v) is 7.36. The van der Waals surface area contributed by atoms with Crippen LogP contribution < -0.4 is 5.73 Å². The summed E-state index contributed by atoms with van der Waals surface area (Å²) in [5.74, 6) is 0.525. The third kappa shape index (κ3) is 0.877. The number of nitrogens with two attached hydrogens (primary N) is 1. The van der Waals surface area contributed by atoms with Crippen LogP contribution in [0.1, 0.15) is 0 Å². The number of H-pyrrole nitrogens is 1. The molecule has 68 valence electrons. The Bertz CT molecular complexity index is 612. The van der Waals surface area contributed by atoms with Gasteiger partial charge < -0.3 is 10.7 Å². The highest BCUT2D eigenvalue weighted by atomic mass is 14.9. The van der Waals surface area contributed by atoms with Crippen LogP contribution in [0, 0.1) is 0 Å². The number of fused-ring (bicyclic) bond motifs is 3. The summed E-state index contributed by atoms with van der Waals surface area (Å²) in [6, 6.07) is 5.67. The van der Waals surface area contributed by atoms with Crippen molar-refractivity contribution in [2.45, 2.75) is 0 Å². The number of pyridine rings is 2. The average Bonchev–Trinajstić information content (AvgIpc) is 2.54. The standard InChI is InChI=1S/C10H8N4/c11-9-2-1-6-7-5-12-4-3-8(7)13-10(6)14-9/h1-5H,(H3,11,13,14). The Labute approximate surface area is 79.8 Å². The molecule has 0 atom stereocenters. The van der Waals surface area contributed by atoms with Crippen molar-refractivity contribution in [1.82, 2.24) is 15.0 Å². The minimum absolute atomic E-state index is 0.525. The maximum atomic E-state index is 5.60. The topological polar surface area (TPSA) is 67.6 Å². The normalized spacial score (nSPS) is 11.1. The van der Waals surface area contributed by atoms with E-state index in [2.05, 4.69) is 15.0 Å². The maximum Gasteiger partial charge on any atom is 0.140 e. The first kappa shape index (κ1) is 7.32. The van der Waals surface area contributed by atoms with Crippen molar-refractivity contribution < 1.29 is 0 Å². The molecule has 0 fully saturated rings. The lowest BCUT2D eigenvalue weighted by molar-refractivity contribution is 1.34. The van der Waals surface area contributed by atoms with Crippen molar-refractivity contribution in [2.75, 3.05) is 5.73 Å². The molecule has 3 N–H and O–H groups in total. The lowest BCUT2D eigenvalue weighted by Gasteiger charge is -1.91. The third-order valence-electron chi connectivity index (χ3n) is 2.28. The molecule has 4 heteroatoms. The number of hydrogen-bond donors (Lipinski definition) is 2. The highest BCUT2D eigenvalue weighted by Crippen LogP contribution is 2.23. The molecule has 0 saturated carbocycles. The van der Waals surface area contributed by atoms with E-state index in [1.807, 2.05) is 18.3 Å². The Morgan fingerprint density at radius 1 is 1.14 bits per heavy atom. The van der Waals surface area contributed by atoms with Crippen LogP contribution in [-0.2, 0) is 0 Å². The molecule has 3 rings (SSSR count). The van der Waals surface area contributed by atoms with Crippen LogP contribution in [-0.4, -0.2) is 15.0 Å². The number of rotatable bonds is 0. The smallest absolute Gasteiger partial charge is 0.140 e. The van der Waals surface area contributed by atoms with Crippen molar-refractivity contribution in [3.05, 3.63) is 30.6 Å². The van der Waals surface area contributed by atoms with Crippen molar-refractivity contribution >= 4 is 27.8 Å². The summed E-state index contributed by atoms with van der Waals surface area (Å²) < 4.78 is 0. The van der Waals surface area contributed by atoms with E-state index < -0.39 is 0 Å². The minimum Gasteiger partial charge on any atom is -0.384 e. The number of aromatic amines is 1. The molecule has 0 radical (unpaired) electrons. The third-order valence-corrected chi connectivity index (χ3v) is 2.28. The number of hydrogen-bond acceptors (Lipinski definition) is 3. The van der Waals surface area contributed by atoms with Crippen LogP contribution in [0.2, 0.25) is 0 Å². The van der Waals surface area contributed by atoms with Gasteiger partial charge >= 0.3 is 0 Å². The monoisotopic (exact) mass is 184 g/mol. The molecule has 0 aliphatic carbocycles. The number of nitrogens with zero attached hydrogens (tertiary/aromatic N) is 2. The van der Waals surface area contributed by atoms with E-state index in [1.54, 1.807) is 12.3 Å². The molecule has 3 aromatic rings. The molecule has 3 aromatic heterocycles. The van der Waals surface area contributed by atoms with Gasteiger partial charge in [-0.2, -0.15) is 0 Å². The quantitative estimate of drug-likeness (QED) is 0.558. The van der Waals surface area contributed by atoms with E-state index >= 15 is 0 Å². The Morgan fingerprint density at radius 3 is 3.00 bits per heavy atom. The largest absolute Gasteiger partial charge is 0.384 e. The predicted molar refractivity (Wildman–Crippen MR) is 55.8 cm³/mol. The van der Waals surface area contributed by atoms with Gasteiger partial charge in [-0.3, -0.25) is 4.98 Å². The van der Waals surface area contributed by atoms with Gasteiger partial charge in [0.1, 0.15) is 11.5 Å². The second-order valence-corrected chi connectivity index (χ2v) is 3.18. The second kappa shape index (κ2) is 2.45. The van der Waals surface area contributed by atoms with Crippen LogP contribution in [0.25, 0.3) is 21.9 Å². The van der Waals surface area contributed by atoms with E-state index in [0.29, 0.717) is 5.82 Å². The van der Waals surface area contributed by atoms with E-state index in [9.17, 15) is 0 Å². The first-order chi connectivity index (χ1) is 6.84. The van der Waals surface area contributed by atoms with Crippen LogP contribution in [0.5, 0.6) is 0 Å². The lowest BCUT2D eigenvalue weighted by Crippen LogP contribution is -1.88. The summed E-state index contributed by atoms with van der Waals surface area (Å²) in [6.07, 6.45) is 3.58. The molecule has 0 bridgehead atoms. The SMILES string of the molecule is Nc1ccc2c(n1)[nH]c1ccncc12. The summed E-state index contributed by atoms with van der Waals surface area (Å²) in [7, 11) is 0. The Kier molecular flexibility index (Phi) is 1.28. The number of nitrogen functional groups attached to an aromatic ring is 1. The molecule has 4 nitrogen and oxygen atoms in total. The highest BCUT2D eigenvalue weighted by Gasteiger charge is 2.04. The van der Waals surface area contributed by atoms with Gasteiger partial charge in [0, 0.05) is 23.2 Å². The van der Waals surface area contributed by atoms with Crippen LogP contribution in [0.15, 0.2) is 30.6 Å². The average molecular weight is 184 g/mol. The fraction of sp³-hybridized carbons (Fsp3) is 0. The molecular formula is C10H8N4. The fourth-order valence-corrected chi connectivity index (χ4v) is 1.63. The van der Waals surface area contributed by atoms with Gasteiger partial charge in [0.05, 0.1) is 5.52 Å². The molecule has 0 aliphatic rings. The molecule has 14 heavy (non-hydrogen) atoms. The van der Waals surface area contributed by atoms with Gasteiger partial charge in [-0.1, -0.05) is 0 Å². The van der Waals surface area contributed by atoms with E-state index in [4.69, 9.17) is 5.73 Å². The Balaban J connectivity index is 2.57. The Hall–Kier alpha value is -2.10. The number of anilines is 1. The van der Waals surface area contributed by atoms with Gasteiger partial charge in [0.15, 0.2) is 0 Å². The summed E-state index contributed by atoms with van der Waals surface area (Å²) in [5, 5.41) is 2.14. The second-order valence-electron chi connectivity index (χ2n) is 3.18. The highest BCUT2D eigenvalue weighted by molar-refractivity contribution is 6.05. The van der Waals surface area contributed by atoms with Gasteiger partial charge in [0.25, 0.3) is 0 Å². The zero-order valence-electron chi connectivity index (χ0n) is 7.36. The van der Waals surface area contributed by atoms with E-state index in [1.165, 1.54) is 0 Å². The molecule has 0 amide bonds. The van der Waals surface area contributed by atoms with Crippen LogP contribution in [0.4, 0.5) is 5.82 Å². The molecule has 0 saturated heterocycles. The minimum atomic E-state index is 0.525. The summed E-state index contributed by atoms with van der Waals surface area (Å²) >= 11 is 0. The first-order valence-electron chi connectivity index (χ1n) is 4.32. The number of nitrogens with one attached hydrogen (secondary N) is 1. The lowest BCUT2D eigenvalue weighted by atomic mass is 10.2. The van der Waals surface area contributed by atoms with Crippen LogP contribution in [0.3, 0.4) is 0 Å². The van der Waals surface area contributed by atoms with Gasteiger partial charge in [0.2, 0.25) is 0 Å². The molecule has 0 spiro atoms. The molecule has 0 aromatic carbocycles. The molecule has 3 heterocycles. The summed E-state index contributed by atoms with van der Waals surface area (Å²) in [4.78, 5) is 11.5. The fourth-order valence-electron chi connectivity index (χ4n) is 1.63. The van der Waals surface area contributed by atoms with Gasteiger partial charge in [-0.05, 0) is 18.2 Å². The van der Waals surface area contributed by atoms with Crippen molar-refractivity contribution in [1.29, 1.82) is 0 Å². The molecular weight excluding hydrogens is 176 g/mol. The first-order valence-corrected chi connectivity index (χ1v) is 4.32. The van der Waals surface area contributed by atoms with E-state index in [0.717, 1.165) is 21.9 Å². The molecule has 0 aliphatic heterocycles. The van der Waals surface area contributed by atoms with Crippen molar-refractivity contribution in [3.8, 4) is 0 Å². The summed E-state index contributed by atoms with van der Waals surface area (Å²) in [5.41, 5.74) is 7.45. The summed E-state index contributed by atoms with van der Waals surface area (Å²) in [6.45, 7) is 0. The number of aromatic nitrogens is 3.